The highest BCUT2D eigenvalue weighted by Crippen LogP contribution is 2.19. The van der Waals surface area contributed by atoms with Gasteiger partial charge in [0, 0.05) is 19.1 Å². The van der Waals surface area contributed by atoms with Crippen LogP contribution in [0.15, 0.2) is 31.0 Å². The molecule has 1 fully saturated rings. The number of likely N-dealkylation sites (tertiary alicyclic amines) is 1. The molecule has 1 aliphatic rings. The van der Waals surface area contributed by atoms with E-state index in [1.165, 1.54) is 6.33 Å². The fraction of sp³-hybridized carbons (Fsp3) is 0.500. The van der Waals surface area contributed by atoms with Crippen molar-refractivity contribution >= 4 is 17.4 Å². The molecule has 128 valence electrons. The molecule has 8 heteroatoms. The third-order valence-electron chi connectivity index (χ3n) is 4.39. The van der Waals surface area contributed by atoms with Crippen LogP contribution in [-0.2, 0) is 4.79 Å². The lowest BCUT2D eigenvalue weighted by Gasteiger charge is -2.24. The number of nitrogens with one attached hydrogen (secondary N) is 1. The summed E-state index contributed by atoms with van der Waals surface area (Å²) in [5.41, 5.74) is 6.57. The van der Waals surface area contributed by atoms with E-state index in [1.807, 2.05) is 17.9 Å². The number of rotatable bonds is 4. The van der Waals surface area contributed by atoms with Crippen LogP contribution in [0.3, 0.4) is 0 Å². The second-order valence-electron chi connectivity index (χ2n) is 6.12. The van der Waals surface area contributed by atoms with E-state index in [-0.39, 0.29) is 11.9 Å². The Morgan fingerprint density at radius 3 is 2.96 bits per heavy atom. The number of nitrogens with two attached hydrogens (primary N) is 1. The summed E-state index contributed by atoms with van der Waals surface area (Å²) in [6, 6.07) is 3.73. The largest absolute Gasteiger partial charge is 0.384 e. The first kappa shape index (κ1) is 16.2. The van der Waals surface area contributed by atoms with Crippen molar-refractivity contribution in [2.45, 2.75) is 38.3 Å². The SMILES string of the molecule is CC(C(=O)N1CCCC(Nc2ccc(N)nc2)CC1)n1cncn1. The zero-order valence-corrected chi connectivity index (χ0v) is 13.8. The highest BCUT2D eigenvalue weighted by atomic mass is 16.2. The standard InChI is InChI=1S/C16H23N7O/c1-12(23-11-18-10-20-23)16(24)22-7-2-3-13(6-8-22)21-14-4-5-15(17)19-9-14/h4-5,9-13,21H,2-3,6-8H2,1H3,(H2,17,19). The van der Waals surface area contributed by atoms with Crippen molar-refractivity contribution in [3.05, 3.63) is 31.0 Å². The molecule has 0 aromatic carbocycles. The summed E-state index contributed by atoms with van der Waals surface area (Å²) in [6.07, 6.45) is 7.67. The van der Waals surface area contributed by atoms with Gasteiger partial charge >= 0.3 is 0 Å². The summed E-state index contributed by atoms with van der Waals surface area (Å²) in [5, 5.41) is 7.54. The Bertz CT molecular complexity index is 656. The minimum Gasteiger partial charge on any atom is -0.384 e. The first-order chi connectivity index (χ1) is 11.6. The van der Waals surface area contributed by atoms with Crippen molar-refractivity contribution in [3.63, 3.8) is 0 Å². The van der Waals surface area contributed by atoms with Crippen LogP contribution in [0.25, 0.3) is 0 Å². The van der Waals surface area contributed by atoms with E-state index in [9.17, 15) is 4.79 Å². The Morgan fingerprint density at radius 2 is 2.25 bits per heavy atom. The average Bonchev–Trinajstić information content (AvgIpc) is 3.03. The smallest absolute Gasteiger partial charge is 0.247 e. The van der Waals surface area contributed by atoms with Crippen molar-refractivity contribution in [2.75, 3.05) is 24.1 Å². The molecule has 0 bridgehead atoms. The lowest BCUT2D eigenvalue weighted by atomic mass is 10.1. The Hall–Kier alpha value is -2.64. The van der Waals surface area contributed by atoms with Crippen LogP contribution in [0, 0.1) is 0 Å². The molecule has 2 aromatic heterocycles. The van der Waals surface area contributed by atoms with Crippen molar-refractivity contribution in [3.8, 4) is 0 Å². The Balaban J connectivity index is 1.56. The fourth-order valence-electron chi connectivity index (χ4n) is 2.98. The van der Waals surface area contributed by atoms with Gasteiger partial charge in [-0.15, -0.1) is 0 Å². The molecular formula is C16H23N7O. The predicted octanol–water partition coefficient (Wildman–Crippen LogP) is 1.31. The molecule has 1 amide bonds. The average molecular weight is 329 g/mol. The van der Waals surface area contributed by atoms with Crippen LogP contribution in [0.4, 0.5) is 11.5 Å². The van der Waals surface area contributed by atoms with Crippen LogP contribution in [0.5, 0.6) is 0 Å². The number of nitrogen functional groups attached to an aromatic ring is 1. The number of hydrogen-bond acceptors (Lipinski definition) is 6. The Morgan fingerprint density at radius 1 is 1.38 bits per heavy atom. The van der Waals surface area contributed by atoms with E-state index in [1.54, 1.807) is 23.3 Å². The molecule has 2 unspecified atom stereocenters. The number of anilines is 2. The van der Waals surface area contributed by atoms with E-state index < -0.39 is 0 Å². The summed E-state index contributed by atoms with van der Waals surface area (Å²) < 4.78 is 1.60. The maximum absolute atomic E-state index is 12.6. The first-order valence-corrected chi connectivity index (χ1v) is 8.24. The number of pyridine rings is 1. The topological polar surface area (TPSA) is 102 Å². The highest BCUT2D eigenvalue weighted by Gasteiger charge is 2.25. The molecule has 2 aromatic rings. The van der Waals surface area contributed by atoms with Gasteiger partial charge in [0.2, 0.25) is 5.91 Å². The molecule has 2 atom stereocenters. The van der Waals surface area contributed by atoms with Gasteiger partial charge in [0.25, 0.3) is 0 Å². The van der Waals surface area contributed by atoms with Gasteiger partial charge < -0.3 is 16.0 Å². The number of carbonyl (C=O) groups excluding carboxylic acids is 1. The number of hydrogen-bond donors (Lipinski definition) is 2. The minimum absolute atomic E-state index is 0.0929. The molecule has 0 saturated carbocycles. The van der Waals surface area contributed by atoms with Gasteiger partial charge in [-0.1, -0.05) is 0 Å². The molecule has 0 spiro atoms. The van der Waals surface area contributed by atoms with Crippen molar-refractivity contribution < 1.29 is 4.79 Å². The summed E-state index contributed by atoms with van der Waals surface area (Å²) in [6.45, 7) is 3.37. The zero-order chi connectivity index (χ0) is 16.9. The number of carbonyl (C=O) groups is 1. The van der Waals surface area contributed by atoms with Crippen molar-refractivity contribution in [2.24, 2.45) is 0 Å². The monoisotopic (exact) mass is 329 g/mol. The lowest BCUT2D eigenvalue weighted by molar-refractivity contribution is -0.134. The number of nitrogens with zero attached hydrogens (tertiary/aromatic N) is 5. The first-order valence-electron chi connectivity index (χ1n) is 8.24. The van der Waals surface area contributed by atoms with Crippen LogP contribution in [-0.4, -0.2) is 49.7 Å². The number of aromatic nitrogens is 4. The van der Waals surface area contributed by atoms with Gasteiger partial charge in [0.15, 0.2) is 0 Å². The Kier molecular flexibility index (Phi) is 4.93. The number of amides is 1. The predicted molar refractivity (Wildman–Crippen MR) is 91.2 cm³/mol. The van der Waals surface area contributed by atoms with Gasteiger partial charge in [-0.2, -0.15) is 5.10 Å². The molecule has 1 saturated heterocycles. The van der Waals surface area contributed by atoms with Gasteiger partial charge in [-0.05, 0) is 38.3 Å². The maximum atomic E-state index is 12.6. The molecule has 3 heterocycles. The van der Waals surface area contributed by atoms with Crippen molar-refractivity contribution in [1.82, 2.24) is 24.6 Å². The normalized spacial score (nSPS) is 19.5. The van der Waals surface area contributed by atoms with Gasteiger partial charge in [0.05, 0.1) is 11.9 Å². The fourth-order valence-corrected chi connectivity index (χ4v) is 2.98. The quantitative estimate of drug-likeness (QED) is 0.877. The van der Waals surface area contributed by atoms with Gasteiger partial charge in [-0.3, -0.25) is 4.79 Å². The van der Waals surface area contributed by atoms with Crippen LogP contribution >= 0.6 is 0 Å². The summed E-state index contributed by atoms with van der Waals surface area (Å²) in [4.78, 5) is 22.6. The van der Waals surface area contributed by atoms with Crippen LogP contribution < -0.4 is 11.1 Å². The molecule has 0 radical (unpaired) electrons. The van der Waals surface area contributed by atoms with Crippen LogP contribution in [0.1, 0.15) is 32.2 Å². The maximum Gasteiger partial charge on any atom is 0.247 e. The van der Waals surface area contributed by atoms with E-state index in [0.29, 0.717) is 11.9 Å². The third-order valence-corrected chi connectivity index (χ3v) is 4.39. The summed E-state index contributed by atoms with van der Waals surface area (Å²) in [7, 11) is 0. The molecule has 1 aliphatic heterocycles. The van der Waals surface area contributed by atoms with E-state index in [4.69, 9.17) is 5.73 Å². The van der Waals surface area contributed by atoms with Gasteiger partial charge in [-0.25, -0.2) is 14.6 Å². The van der Waals surface area contributed by atoms with E-state index in [2.05, 4.69) is 20.4 Å². The lowest BCUT2D eigenvalue weighted by Crippen LogP contribution is -2.37. The minimum atomic E-state index is -0.321. The van der Waals surface area contributed by atoms with Gasteiger partial charge in [0.1, 0.15) is 24.5 Å². The Labute approximate surface area is 141 Å². The van der Waals surface area contributed by atoms with Crippen molar-refractivity contribution in [1.29, 1.82) is 0 Å². The zero-order valence-electron chi connectivity index (χ0n) is 13.8. The second kappa shape index (κ2) is 7.29. The molecule has 8 nitrogen and oxygen atoms in total. The highest BCUT2D eigenvalue weighted by molar-refractivity contribution is 5.80. The third kappa shape index (κ3) is 3.81. The van der Waals surface area contributed by atoms with E-state index in [0.717, 1.165) is 38.0 Å². The summed E-state index contributed by atoms with van der Waals surface area (Å²) in [5.74, 6) is 0.607. The van der Waals surface area contributed by atoms with Crippen LogP contribution in [0.2, 0.25) is 0 Å². The molecule has 3 N–H and O–H groups in total. The molecular weight excluding hydrogens is 306 g/mol. The van der Waals surface area contributed by atoms with E-state index >= 15 is 0 Å². The summed E-state index contributed by atoms with van der Waals surface area (Å²) >= 11 is 0. The molecule has 24 heavy (non-hydrogen) atoms. The molecule has 0 aliphatic carbocycles. The molecule has 3 rings (SSSR count). The second-order valence-corrected chi connectivity index (χ2v) is 6.12.